The van der Waals surface area contributed by atoms with Crippen molar-refractivity contribution in [1.82, 2.24) is 15.1 Å². The molecule has 2 rings (SSSR count). The van der Waals surface area contributed by atoms with Crippen molar-refractivity contribution >= 4 is 15.9 Å². The molecule has 102 valence electrons. The van der Waals surface area contributed by atoms with Crippen LogP contribution in [-0.4, -0.2) is 16.3 Å². The number of benzene rings is 1. The molecular weight excluding hydrogens is 309 g/mol. The summed E-state index contributed by atoms with van der Waals surface area (Å²) in [4.78, 5) is 0. The minimum absolute atomic E-state index is 0.132. The van der Waals surface area contributed by atoms with Gasteiger partial charge >= 0.3 is 0 Å². The molecule has 1 unspecified atom stereocenters. The molecule has 0 amide bonds. The van der Waals surface area contributed by atoms with Crippen molar-refractivity contribution in [2.45, 2.75) is 19.4 Å². The zero-order valence-electron chi connectivity index (χ0n) is 11.0. The van der Waals surface area contributed by atoms with Crippen LogP contribution in [-0.2, 0) is 13.5 Å². The van der Waals surface area contributed by atoms with E-state index in [2.05, 4.69) is 33.3 Å². The second-order valence-corrected chi connectivity index (χ2v) is 5.32. The summed E-state index contributed by atoms with van der Waals surface area (Å²) in [5, 5.41) is 7.85. The zero-order chi connectivity index (χ0) is 13.8. The maximum Gasteiger partial charge on any atom is 0.124 e. The van der Waals surface area contributed by atoms with Crippen LogP contribution in [0.1, 0.15) is 24.2 Å². The van der Waals surface area contributed by atoms with Gasteiger partial charge in [-0.15, -0.1) is 0 Å². The van der Waals surface area contributed by atoms with Gasteiger partial charge < -0.3 is 5.32 Å². The van der Waals surface area contributed by atoms with Crippen molar-refractivity contribution in [1.29, 1.82) is 0 Å². The maximum absolute atomic E-state index is 13.1. The molecule has 1 atom stereocenters. The number of aromatic nitrogens is 2. The Morgan fingerprint density at radius 1 is 1.42 bits per heavy atom. The summed E-state index contributed by atoms with van der Waals surface area (Å²) < 4.78 is 15.7. The molecule has 2 aromatic rings. The lowest BCUT2D eigenvalue weighted by molar-refractivity contribution is 0.526. The van der Waals surface area contributed by atoms with Gasteiger partial charge in [0.15, 0.2) is 0 Å². The van der Waals surface area contributed by atoms with Gasteiger partial charge in [-0.25, -0.2) is 4.39 Å². The summed E-state index contributed by atoms with van der Waals surface area (Å²) in [6, 6.07) is 6.93. The van der Waals surface area contributed by atoms with Gasteiger partial charge in [0.1, 0.15) is 5.82 Å². The third-order valence-electron chi connectivity index (χ3n) is 2.98. The van der Waals surface area contributed by atoms with Crippen molar-refractivity contribution in [3.63, 3.8) is 0 Å². The lowest BCUT2D eigenvalue weighted by atomic mass is 10.0. The first-order valence-electron chi connectivity index (χ1n) is 6.27. The molecule has 0 saturated heterocycles. The van der Waals surface area contributed by atoms with Gasteiger partial charge in [-0.2, -0.15) is 5.10 Å². The summed E-state index contributed by atoms with van der Waals surface area (Å²) in [6.45, 7) is 2.93. The van der Waals surface area contributed by atoms with E-state index >= 15 is 0 Å². The van der Waals surface area contributed by atoms with Crippen LogP contribution in [0, 0.1) is 5.82 Å². The summed E-state index contributed by atoms with van der Waals surface area (Å²) in [7, 11) is 1.90. The topological polar surface area (TPSA) is 29.9 Å². The van der Waals surface area contributed by atoms with Crippen molar-refractivity contribution in [3.8, 4) is 0 Å². The smallest absolute Gasteiger partial charge is 0.124 e. The van der Waals surface area contributed by atoms with E-state index in [1.54, 1.807) is 4.68 Å². The molecule has 0 radical (unpaired) electrons. The Hall–Kier alpha value is -1.20. The number of likely N-dealkylation sites (N-methyl/N-ethyl adjacent to an activating group) is 1. The van der Waals surface area contributed by atoms with E-state index in [-0.39, 0.29) is 11.9 Å². The van der Waals surface area contributed by atoms with Crippen molar-refractivity contribution in [3.05, 3.63) is 52.0 Å². The highest BCUT2D eigenvalue weighted by molar-refractivity contribution is 9.10. The third-order valence-corrected chi connectivity index (χ3v) is 3.72. The van der Waals surface area contributed by atoms with Crippen LogP contribution in [0.15, 0.2) is 34.9 Å². The molecule has 1 heterocycles. The van der Waals surface area contributed by atoms with Gasteiger partial charge in [-0.3, -0.25) is 4.68 Å². The standard InChI is InChI=1S/C14H17BrFN3/c1-3-17-14(13-6-7-19(2)18-13)8-10-4-5-11(16)9-12(10)15/h4-7,9,14,17H,3,8H2,1-2H3. The van der Waals surface area contributed by atoms with E-state index in [9.17, 15) is 4.39 Å². The molecule has 0 aliphatic heterocycles. The Labute approximate surface area is 121 Å². The quantitative estimate of drug-likeness (QED) is 0.914. The highest BCUT2D eigenvalue weighted by Crippen LogP contribution is 2.24. The molecule has 0 aliphatic rings. The molecule has 0 bridgehead atoms. The first-order chi connectivity index (χ1) is 9.10. The number of halogens is 2. The SMILES string of the molecule is CCNC(Cc1ccc(F)cc1Br)c1ccn(C)n1. The summed E-state index contributed by atoms with van der Waals surface area (Å²) >= 11 is 3.41. The zero-order valence-corrected chi connectivity index (χ0v) is 12.6. The maximum atomic E-state index is 13.1. The van der Waals surface area contributed by atoms with Crippen molar-refractivity contribution in [2.24, 2.45) is 7.05 Å². The van der Waals surface area contributed by atoms with Gasteiger partial charge in [-0.05, 0) is 36.7 Å². The van der Waals surface area contributed by atoms with Crippen LogP contribution in [0.3, 0.4) is 0 Å². The number of aryl methyl sites for hydroxylation is 1. The van der Waals surface area contributed by atoms with Gasteiger partial charge in [0.25, 0.3) is 0 Å². The van der Waals surface area contributed by atoms with Crippen molar-refractivity contribution < 1.29 is 4.39 Å². The molecule has 3 nitrogen and oxygen atoms in total. The molecule has 1 aromatic heterocycles. The predicted molar refractivity (Wildman–Crippen MR) is 77.4 cm³/mol. The third kappa shape index (κ3) is 3.64. The Balaban J connectivity index is 2.21. The lowest BCUT2D eigenvalue weighted by Gasteiger charge is -2.16. The second-order valence-electron chi connectivity index (χ2n) is 4.46. The number of nitrogens with one attached hydrogen (secondary N) is 1. The van der Waals surface area contributed by atoms with Gasteiger partial charge in [0.2, 0.25) is 0 Å². The van der Waals surface area contributed by atoms with Crippen LogP contribution in [0.4, 0.5) is 4.39 Å². The van der Waals surface area contributed by atoms with Crippen LogP contribution in [0.25, 0.3) is 0 Å². The largest absolute Gasteiger partial charge is 0.309 e. The predicted octanol–water partition coefficient (Wildman–Crippen LogP) is 3.22. The summed E-state index contributed by atoms with van der Waals surface area (Å²) in [5.41, 5.74) is 2.07. The molecule has 0 aliphatic carbocycles. The van der Waals surface area contributed by atoms with E-state index in [0.717, 1.165) is 28.7 Å². The first-order valence-corrected chi connectivity index (χ1v) is 7.06. The molecule has 0 saturated carbocycles. The fourth-order valence-electron chi connectivity index (χ4n) is 2.05. The average Bonchev–Trinajstić information content (AvgIpc) is 2.78. The molecule has 19 heavy (non-hydrogen) atoms. The molecule has 0 spiro atoms. The summed E-state index contributed by atoms with van der Waals surface area (Å²) in [5.74, 6) is -0.228. The van der Waals surface area contributed by atoms with Gasteiger partial charge in [0.05, 0.1) is 11.7 Å². The monoisotopic (exact) mass is 325 g/mol. The Morgan fingerprint density at radius 3 is 2.79 bits per heavy atom. The molecule has 5 heteroatoms. The first kappa shape index (κ1) is 14.2. The van der Waals surface area contributed by atoms with E-state index in [4.69, 9.17) is 0 Å². The Kier molecular flexibility index (Phi) is 4.71. The number of hydrogen-bond acceptors (Lipinski definition) is 2. The second kappa shape index (κ2) is 6.30. The van der Waals surface area contributed by atoms with E-state index in [1.165, 1.54) is 12.1 Å². The van der Waals surface area contributed by atoms with Gasteiger partial charge in [0, 0.05) is 17.7 Å². The highest BCUT2D eigenvalue weighted by Gasteiger charge is 2.15. The Morgan fingerprint density at radius 2 is 2.21 bits per heavy atom. The van der Waals surface area contributed by atoms with E-state index in [0.29, 0.717) is 0 Å². The lowest BCUT2D eigenvalue weighted by Crippen LogP contribution is -2.23. The Bertz CT molecular complexity index is 553. The molecular formula is C14H17BrFN3. The number of hydrogen-bond donors (Lipinski definition) is 1. The molecule has 0 fully saturated rings. The fourth-order valence-corrected chi connectivity index (χ4v) is 2.57. The number of rotatable bonds is 5. The molecule has 1 aromatic carbocycles. The van der Waals surface area contributed by atoms with Crippen LogP contribution in [0.5, 0.6) is 0 Å². The van der Waals surface area contributed by atoms with Crippen LogP contribution < -0.4 is 5.32 Å². The molecule has 1 N–H and O–H groups in total. The van der Waals surface area contributed by atoms with E-state index < -0.39 is 0 Å². The normalized spacial score (nSPS) is 12.6. The minimum Gasteiger partial charge on any atom is -0.309 e. The van der Waals surface area contributed by atoms with Crippen molar-refractivity contribution in [2.75, 3.05) is 6.54 Å². The van der Waals surface area contributed by atoms with E-state index in [1.807, 2.05) is 25.4 Å². The minimum atomic E-state index is -0.228. The van der Waals surface area contributed by atoms with Gasteiger partial charge in [-0.1, -0.05) is 28.9 Å². The number of nitrogens with zero attached hydrogens (tertiary/aromatic N) is 2. The highest BCUT2D eigenvalue weighted by atomic mass is 79.9. The average molecular weight is 326 g/mol. The summed E-state index contributed by atoms with van der Waals surface area (Å²) in [6.07, 6.45) is 2.70. The fraction of sp³-hybridized carbons (Fsp3) is 0.357. The van der Waals surface area contributed by atoms with Crippen LogP contribution in [0.2, 0.25) is 0 Å². The van der Waals surface area contributed by atoms with Crippen LogP contribution >= 0.6 is 15.9 Å².